The quantitative estimate of drug-likeness (QED) is 0.229. The molecule has 0 bridgehead atoms. The number of carboxylic acids is 1. The second kappa shape index (κ2) is 15.9. The number of aliphatic carboxylic acids is 1. The molecule has 3 aromatic carbocycles. The molecule has 49 heavy (non-hydrogen) atoms. The molecule has 0 radical (unpaired) electrons. The molecule has 3 unspecified atom stereocenters. The van der Waals surface area contributed by atoms with Gasteiger partial charge in [0.05, 0.1) is 5.41 Å². The van der Waals surface area contributed by atoms with Crippen LogP contribution in [0.2, 0.25) is 0 Å². The summed E-state index contributed by atoms with van der Waals surface area (Å²) in [4.78, 5) is 68.0. The lowest BCUT2D eigenvalue weighted by atomic mass is 9.81. The molecule has 1 saturated heterocycles. The first-order valence-corrected chi connectivity index (χ1v) is 17.1. The van der Waals surface area contributed by atoms with Crippen LogP contribution in [-0.4, -0.2) is 64.4 Å². The summed E-state index contributed by atoms with van der Waals surface area (Å²) in [5.41, 5.74) is 2.67. The maximum absolute atomic E-state index is 14.2. The van der Waals surface area contributed by atoms with Gasteiger partial charge in [-0.15, -0.1) is 0 Å². The molecule has 1 heterocycles. The van der Waals surface area contributed by atoms with E-state index in [0.29, 0.717) is 56.3 Å². The SMILES string of the molecule is CC(=O)NCCC1(C(=O)NC(Cc2ccc(N3C(=O)C(Cc4ccccc4)N(C(C)=O)C3CCc3ccccc3)cc2)C(=O)O)CCCC1. The summed E-state index contributed by atoms with van der Waals surface area (Å²) < 4.78 is 0. The van der Waals surface area contributed by atoms with Crippen molar-refractivity contribution in [1.82, 2.24) is 15.5 Å². The lowest BCUT2D eigenvalue weighted by molar-refractivity contribution is -0.144. The number of nitrogens with one attached hydrogen (secondary N) is 2. The van der Waals surface area contributed by atoms with Crippen LogP contribution in [0.25, 0.3) is 0 Å². The van der Waals surface area contributed by atoms with Gasteiger partial charge >= 0.3 is 5.97 Å². The van der Waals surface area contributed by atoms with Gasteiger partial charge in [-0.2, -0.15) is 0 Å². The number of benzene rings is 3. The largest absolute Gasteiger partial charge is 0.480 e. The smallest absolute Gasteiger partial charge is 0.326 e. The molecular formula is C39H46N4O6. The fourth-order valence-corrected chi connectivity index (χ4v) is 7.38. The second-order valence-electron chi connectivity index (χ2n) is 13.3. The minimum atomic E-state index is -1.15. The Morgan fingerprint density at radius 1 is 0.857 bits per heavy atom. The van der Waals surface area contributed by atoms with Gasteiger partial charge < -0.3 is 20.6 Å². The zero-order valence-electron chi connectivity index (χ0n) is 28.3. The number of carbonyl (C=O) groups excluding carboxylic acids is 4. The topological polar surface area (TPSA) is 136 Å². The number of carbonyl (C=O) groups is 5. The summed E-state index contributed by atoms with van der Waals surface area (Å²) in [6.07, 6.45) is 4.67. The number of hydrogen-bond donors (Lipinski definition) is 3. The molecule has 1 aliphatic heterocycles. The van der Waals surface area contributed by atoms with Gasteiger partial charge in [0.15, 0.2) is 0 Å². The van der Waals surface area contributed by atoms with Crippen molar-refractivity contribution in [2.45, 2.75) is 89.9 Å². The predicted molar refractivity (Wildman–Crippen MR) is 186 cm³/mol. The second-order valence-corrected chi connectivity index (χ2v) is 13.3. The van der Waals surface area contributed by atoms with E-state index in [0.717, 1.165) is 24.0 Å². The van der Waals surface area contributed by atoms with Crippen molar-refractivity contribution < 1.29 is 29.1 Å². The van der Waals surface area contributed by atoms with Crippen molar-refractivity contribution in [3.05, 3.63) is 102 Å². The van der Waals surface area contributed by atoms with Crippen LogP contribution >= 0.6 is 0 Å². The fourth-order valence-electron chi connectivity index (χ4n) is 7.38. The van der Waals surface area contributed by atoms with E-state index in [1.165, 1.54) is 13.8 Å². The van der Waals surface area contributed by atoms with E-state index in [9.17, 15) is 29.1 Å². The Morgan fingerprint density at radius 3 is 2.04 bits per heavy atom. The third-order valence-electron chi connectivity index (χ3n) is 9.92. The zero-order valence-corrected chi connectivity index (χ0v) is 28.3. The molecule has 1 aliphatic carbocycles. The van der Waals surface area contributed by atoms with Crippen LogP contribution in [0, 0.1) is 5.41 Å². The van der Waals surface area contributed by atoms with Crippen LogP contribution in [0.5, 0.6) is 0 Å². The highest BCUT2D eigenvalue weighted by Gasteiger charge is 2.47. The number of aryl methyl sites for hydroxylation is 1. The average Bonchev–Trinajstić information content (AvgIpc) is 3.67. The summed E-state index contributed by atoms with van der Waals surface area (Å²) in [6, 6.07) is 25.0. The van der Waals surface area contributed by atoms with Gasteiger partial charge in [-0.3, -0.25) is 24.1 Å². The van der Waals surface area contributed by atoms with E-state index >= 15 is 0 Å². The van der Waals surface area contributed by atoms with Gasteiger partial charge in [0.2, 0.25) is 17.7 Å². The molecule has 5 rings (SSSR count). The number of rotatable bonds is 14. The molecule has 3 aromatic rings. The normalized spacial score (nSPS) is 19.0. The number of anilines is 1. The molecule has 3 N–H and O–H groups in total. The van der Waals surface area contributed by atoms with Gasteiger partial charge in [0, 0.05) is 38.9 Å². The summed E-state index contributed by atoms with van der Waals surface area (Å²) in [6.45, 7) is 3.29. The summed E-state index contributed by atoms with van der Waals surface area (Å²) in [5.74, 6) is -1.94. The third-order valence-corrected chi connectivity index (χ3v) is 9.92. The number of carboxylic acid groups (broad SMARTS) is 1. The van der Waals surface area contributed by atoms with Crippen LogP contribution in [0.3, 0.4) is 0 Å². The van der Waals surface area contributed by atoms with E-state index in [1.54, 1.807) is 34.1 Å². The third kappa shape index (κ3) is 8.54. The highest BCUT2D eigenvalue weighted by molar-refractivity contribution is 6.03. The van der Waals surface area contributed by atoms with Crippen LogP contribution in [0.15, 0.2) is 84.9 Å². The molecule has 1 saturated carbocycles. The first kappa shape index (κ1) is 35.3. The van der Waals surface area contributed by atoms with Gasteiger partial charge in [-0.1, -0.05) is 85.6 Å². The van der Waals surface area contributed by atoms with E-state index in [4.69, 9.17) is 0 Å². The summed E-state index contributed by atoms with van der Waals surface area (Å²) >= 11 is 0. The van der Waals surface area contributed by atoms with Crippen molar-refractivity contribution in [3.63, 3.8) is 0 Å². The van der Waals surface area contributed by atoms with Gasteiger partial charge in [0.1, 0.15) is 18.2 Å². The molecule has 10 heteroatoms. The van der Waals surface area contributed by atoms with Crippen molar-refractivity contribution in [3.8, 4) is 0 Å². The summed E-state index contributed by atoms with van der Waals surface area (Å²) in [7, 11) is 0. The fraction of sp³-hybridized carbons (Fsp3) is 0.410. The molecule has 4 amide bonds. The molecule has 10 nitrogen and oxygen atoms in total. The lowest BCUT2D eigenvalue weighted by Gasteiger charge is -2.31. The Hall–Kier alpha value is -4.99. The Balaban J connectivity index is 1.35. The number of hydrogen-bond acceptors (Lipinski definition) is 5. The molecule has 0 spiro atoms. The van der Waals surface area contributed by atoms with Gasteiger partial charge in [-0.05, 0) is 60.9 Å². The maximum Gasteiger partial charge on any atom is 0.326 e. The van der Waals surface area contributed by atoms with Gasteiger partial charge in [0.25, 0.3) is 5.91 Å². The Kier molecular flexibility index (Phi) is 11.5. The van der Waals surface area contributed by atoms with Crippen LogP contribution in [0.4, 0.5) is 5.69 Å². The van der Waals surface area contributed by atoms with E-state index in [2.05, 4.69) is 10.6 Å². The average molecular weight is 667 g/mol. The minimum absolute atomic E-state index is 0.0602. The van der Waals surface area contributed by atoms with Gasteiger partial charge in [-0.25, -0.2) is 4.79 Å². The monoisotopic (exact) mass is 666 g/mol. The Labute approximate surface area is 287 Å². The molecule has 3 atom stereocenters. The molecule has 2 aliphatic rings. The molecular weight excluding hydrogens is 620 g/mol. The zero-order chi connectivity index (χ0) is 35.0. The van der Waals surface area contributed by atoms with Crippen molar-refractivity contribution in [2.24, 2.45) is 5.41 Å². The van der Waals surface area contributed by atoms with Crippen molar-refractivity contribution in [1.29, 1.82) is 0 Å². The molecule has 0 aromatic heterocycles. The number of nitrogens with zero attached hydrogens (tertiary/aromatic N) is 2. The van der Waals surface area contributed by atoms with Crippen molar-refractivity contribution >= 4 is 35.3 Å². The Bertz CT molecular complexity index is 1620. The van der Waals surface area contributed by atoms with E-state index < -0.39 is 29.6 Å². The van der Waals surface area contributed by atoms with Crippen LogP contribution in [0.1, 0.15) is 69.1 Å². The minimum Gasteiger partial charge on any atom is -0.480 e. The van der Waals surface area contributed by atoms with E-state index in [-0.39, 0.29) is 30.0 Å². The molecule has 258 valence electrons. The van der Waals surface area contributed by atoms with Crippen molar-refractivity contribution in [2.75, 3.05) is 11.4 Å². The number of amides is 4. The first-order chi connectivity index (χ1) is 23.6. The maximum atomic E-state index is 14.2. The predicted octanol–water partition coefficient (Wildman–Crippen LogP) is 4.65. The lowest BCUT2D eigenvalue weighted by Crippen LogP contribution is -2.49. The van der Waals surface area contributed by atoms with E-state index in [1.807, 2.05) is 60.7 Å². The van der Waals surface area contributed by atoms with Crippen LogP contribution in [-0.2, 0) is 43.2 Å². The molecule has 2 fully saturated rings. The Morgan fingerprint density at radius 2 is 1.47 bits per heavy atom. The van der Waals surface area contributed by atoms with Crippen LogP contribution < -0.4 is 15.5 Å². The first-order valence-electron chi connectivity index (χ1n) is 17.1. The summed E-state index contributed by atoms with van der Waals surface area (Å²) in [5, 5.41) is 15.6. The highest BCUT2D eigenvalue weighted by atomic mass is 16.4. The standard InChI is InChI=1S/C39H46N4O6/c1-27(44)40-24-23-39(21-9-10-22-39)38(49)41-33(37(47)48)25-31-15-18-32(19-16-31)43-35(20-17-29-11-5-3-6-12-29)42(28(2)45)34(36(43)46)26-30-13-7-4-8-14-30/h3-8,11-16,18-19,33-35H,9-10,17,20-26H2,1-2H3,(H,40,44)(H,41,49)(H,47,48). The highest BCUT2D eigenvalue weighted by Crippen LogP contribution is 2.41.